The molecule has 84 valence electrons. The largest absolute Gasteiger partial charge is 0.265 e. The summed E-state index contributed by atoms with van der Waals surface area (Å²) in [5, 5.41) is 0. The van der Waals surface area contributed by atoms with Crippen molar-refractivity contribution in [1.29, 1.82) is 0 Å². The van der Waals surface area contributed by atoms with Crippen LogP contribution in [0.4, 0.5) is 0 Å². The molecule has 0 saturated carbocycles. The first kappa shape index (κ1) is 12.4. The van der Waals surface area contributed by atoms with Crippen LogP contribution in [0, 0.1) is 13.8 Å². The van der Waals surface area contributed by atoms with Crippen LogP contribution in [0.1, 0.15) is 25.0 Å². The average molecular weight is 213 g/mol. The molecule has 1 aromatic carbocycles. The van der Waals surface area contributed by atoms with Crippen molar-refractivity contribution in [2.24, 2.45) is 0 Å². The summed E-state index contributed by atoms with van der Waals surface area (Å²) in [5.74, 6) is 0. The van der Waals surface area contributed by atoms with Gasteiger partial charge >= 0.3 is 0 Å². The predicted octanol–water partition coefficient (Wildman–Crippen LogP) is 4.39. The highest BCUT2D eigenvalue weighted by molar-refractivity contribution is 5.67. The van der Waals surface area contributed by atoms with Gasteiger partial charge in [-0.05, 0) is 48.2 Å². The highest BCUT2D eigenvalue weighted by Gasteiger charge is 2.01. The SMILES string of the molecule is CC.Cc1cccc(-c2ccncc2)c1C. The third-order valence-electron chi connectivity index (χ3n) is 2.60. The van der Waals surface area contributed by atoms with Crippen molar-refractivity contribution in [3.05, 3.63) is 53.9 Å². The minimum absolute atomic E-state index is 1.24. The van der Waals surface area contributed by atoms with Crippen LogP contribution in [0.25, 0.3) is 11.1 Å². The van der Waals surface area contributed by atoms with Gasteiger partial charge in [0.2, 0.25) is 0 Å². The predicted molar refractivity (Wildman–Crippen MR) is 70.5 cm³/mol. The standard InChI is InChI=1S/C13H13N.C2H6/c1-10-4-3-5-13(11(10)2)12-6-8-14-9-7-12;1-2/h3-9H,1-2H3;1-2H3. The van der Waals surface area contributed by atoms with Gasteiger partial charge in [-0.25, -0.2) is 0 Å². The minimum Gasteiger partial charge on any atom is -0.265 e. The van der Waals surface area contributed by atoms with E-state index in [-0.39, 0.29) is 0 Å². The molecule has 0 spiro atoms. The lowest BCUT2D eigenvalue weighted by atomic mass is 9.98. The summed E-state index contributed by atoms with van der Waals surface area (Å²) in [6.07, 6.45) is 3.66. The summed E-state index contributed by atoms with van der Waals surface area (Å²) in [5.41, 5.74) is 5.21. The summed E-state index contributed by atoms with van der Waals surface area (Å²) in [4.78, 5) is 4.02. The fourth-order valence-corrected chi connectivity index (χ4v) is 1.60. The summed E-state index contributed by atoms with van der Waals surface area (Å²) >= 11 is 0. The van der Waals surface area contributed by atoms with Gasteiger partial charge in [-0.2, -0.15) is 0 Å². The van der Waals surface area contributed by atoms with Crippen LogP contribution in [0.15, 0.2) is 42.7 Å². The second-order valence-electron chi connectivity index (χ2n) is 3.48. The zero-order chi connectivity index (χ0) is 12.0. The van der Waals surface area contributed by atoms with E-state index in [4.69, 9.17) is 0 Å². The first-order valence-electron chi connectivity index (χ1n) is 5.75. The maximum atomic E-state index is 4.02. The molecule has 0 atom stereocenters. The molecule has 1 heteroatoms. The van der Waals surface area contributed by atoms with Gasteiger partial charge in [0.1, 0.15) is 0 Å². The Kier molecular flexibility index (Phi) is 4.71. The fraction of sp³-hybridized carbons (Fsp3) is 0.267. The molecule has 16 heavy (non-hydrogen) atoms. The molecule has 0 saturated heterocycles. The van der Waals surface area contributed by atoms with Crippen LogP contribution in [0.2, 0.25) is 0 Å². The monoisotopic (exact) mass is 213 g/mol. The highest BCUT2D eigenvalue weighted by atomic mass is 14.6. The first-order valence-corrected chi connectivity index (χ1v) is 5.75. The molecule has 0 unspecified atom stereocenters. The second-order valence-corrected chi connectivity index (χ2v) is 3.48. The van der Waals surface area contributed by atoms with Gasteiger partial charge in [0.15, 0.2) is 0 Å². The van der Waals surface area contributed by atoms with Gasteiger partial charge in [0.25, 0.3) is 0 Å². The van der Waals surface area contributed by atoms with Gasteiger partial charge in [-0.15, -0.1) is 0 Å². The molecular weight excluding hydrogens is 194 g/mol. The molecule has 1 aromatic heterocycles. The van der Waals surface area contributed by atoms with Crippen molar-refractivity contribution in [2.45, 2.75) is 27.7 Å². The Morgan fingerprint density at radius 1 is 0.875 bits per heavy atom. The highest BCUT2D eigenvalue weighted by Crippen LogP contribution is 2.24. The van der Waals surface area contributed by atoms with Crippen LogP contribution in [0.3, 0.4) is 0 Å². The van der Waals surface area contributed by atoms with Gasteiger partial charge in [0.05, 0.1) is 0 Å². The number of hydrogen-bond acceptors (Lipinski definition) is 1. The Balaban J connectivity index is 0.000000606. The molecule has 0 amide bonds. The molecule has 0 aliphatic carbocycles. The van der Waals surface area contributed by atoms with Crippen molar-refractivity contribution in [3.63, 3.8) is 0 Å². The molecular formula is C15H19N. The molecule has 0 radical (unpaired) electrons. The number of aryl methyl sites for hydroxylation is 1. The van der Waals surface area contributed by atoms with Gasteiger partial charge in [-0.1, -0.05) is 32.0 Å². The fourth-order valence-electron chi connectivity index (χ4n) is 1.60. The van der Waals surface area contributed by atoms with E-state index in [2.05, 4.69) is 37.0 Å². The molecule has 1 heterocycles. The summed E-state index contributed by atoms with van der Waals surface area (Å²) in [6.45, 7) is 8.30. The average Bonchev–Trinajstić information content (AvgIpc) is 2.36. The molecule has 0 aliphatic heterocycles. The number of hydrogen-bond donors (Lipinski definition) is 0. The number of aromatic nitrogens is 1. The Labute approximate surface area is 98.2 Å². The normalized spacial score (nSPS) is 9.25. The molecule has 2 rings (SSSR count). The Morgan fingerprint density at radius 2 is 1.50 bits per heavy atom. The van der Waals surface area contributed by atoms with Crippen LogP contribution in [-0.4, -0.2) is 4.98 Å². The van der Waals surface area contributed by atoms with E-state index < -0.39 is 0 Å². The van der Waals surface area contributed by atoms with Crippen LogP contribution < -0.4 is 0 Å². The van der Waals surface area contributed by atoms with E-state index in [0.29, 0.717) is 0 Å². The topological polar surface area (TPSA) is 12.9 Å². The molecule has 0 bridgehead atoms. The molecule has 1 nitrogen and oxygen atoms in total. The number of nitrogens with zero attached hydrogens (tertiary/aromatic N) is 1. The van der Waals surface area contributed by atoms with E-state index >= 15 is 0 Å². The van der Waals surface area contributed by atoms with Crippen molar-refractivity contribution in [2.75, 3.05) is 0 Å². The lowest BCUT2D eigenvalue weighted by molar-refractivity contribution is 1.31. The van der Waals surface area contributed by atoms with Gasteiger partial charge in [-0.3, -0.25) is 4.98 Å². The van der Waals surface area contributed by atoms with E-state index in [0.717, 1.165) is 0 Å². The van der Waals surface area contributed by atoms with Gasteiger partial charge in [0, 0.05) is 12.4 Å². The lowest BCUT2D eigenvalue weighted by Crippen LogP contribution is -1.86. The maximum Gasteiger partial charge on any atom is 0.0273 e. The van der Waals surface area contributed by atoms with Crippen LogP contribution in [0.5, 0.6) is 0 Å². The van der Waals surface area contributed by atoms with E-state index in [9.17, 15) is 0 Å². The second kappa shape index (κ2) is 6.06. The summed E-state index contributed by atoms with van der Waals surface area (Å²) < 4.78 is 0. The van der Waals surface area contributed by atoms with Crippen molar-refractivity contribution in [1.82, 2.24) is 4.98 Å². The molecule has 0 aliphatic rings. The van der Waals surface area contributed by atoms with Crippen molar-refractivity contribution < 1.29 is 0 Å². The number of pyridine rings is 1. The zero-order valence-corrected chi connectivity index (χ0v) is 10.5. The zero-order valence-electron chi connectivity index (χ0n) is 10.5. The molecule has 2 aromatic rings. The molecule has 0 N–H and O–H groups in total. The molecule has 0 fully saturated rings. The Bertz CT molecular complexity index is 432. The quantitative estimate of drug-likeness (QED) is 0.684. The van der Waals surface area contributed by atoms with E-state index in [1.54, 1.807) is 0 Å². The van der Waals surface area contributed by atoms with Gasteiger partial charge < -0.3 is 0 Å². The van der Waals surface area contributed by atoms with Crippen molar-refractivity contribution in [3.8, 4) is 11.1 Å². The summed E-state index contributed by atoms with van der Waals surface area (Å²) in [6, 6.07) is 10.5. The van der Waals surface area contributed by atoms with Crippen LogP contribution >= 0.6 is 0 Å². The number of benzene rings is 1. The number of rotatable bonds is 1. The Hall–Kier alpha value is -1.63. The van der Waals surface area contributed by atoms with E-state index in [1.165, 1.54) is 22.3 Å². The minimum atomic E-state index is 1.24. The third-order valence-corrected chi connectivity index (χ3v) is 2.60. The first-order chi connectivity index (χ1) is 7.79. The Morgan fingerprint density at radius 3 is 2.12 bits per heavy atom. The lowest BCUT2D eigenvalue weighted by Gasteiger charge is -2.07. The van der Waals surface area contributed by atoms with Crippen molar-refractivity contribution >= 4 is 0 Å². The maximum absolute atomic E-state index is 4.02. The van der Waals surface area contributed by atoms with E-state index in [1.807, 2.05) is 38.4 Å². The summed E-state index contributed by atoms with van der Waals surface area (Å²) in [7, 11) is 0. The van der Waals surface area contributed by atoms with Crippen LogP contribution in [-0.2, 0) is 0 Å². The smallest absolute Gasteiger partial charge is 0.0273 e. The third kappa shape index (κ3) is 2.69.